The Morgan fingerprint density at radius 3 is 2.15 bits per heavy atom. The molecule has 1 fully saturated rings. The Hall–Kier alpha value is -3.40. The van der Waals surface area contributed by atoms with E-state index in [0.717, 1.165) is 5.69 Å². The highest BCUT2D eigenvalue weighted by Gasteiger charge is 2.26. The summed E-state index contributed by atoms with van der Waals surface area (Å²) in [7, 11) is 0. The Balaban J connectivity index is 1.54. The van der Waals surface area contributed by atoms with Gasteiger partial charge in [0.05, 0.1) is 11.6 Å². The molecule has 0 bridgehead atoms. The number of carbonyl (C=O) groups is 2. The van der Waals surface area contributed by atoms with Crippen LogP contribution in [0.5, 0.6) is 0 Å². The number of nitriles is 1. The highest BCUT2D eigenvalue weighted by atomic mass is 19.1. The average Bonchev–Trinajstić information content (AvgIpc) is 2.69. The zero-order chi connectivity index (χ0) is 18.5. The maximum absolute atomic E-state index is 13.0. The minimum atomic E-state index is -0.704. The number of hydrogen-bond donors (Lipinski definition) is 1. The molecule has 7 heteroatoms. The molecule has 3 rings (SSSR count). The zero-order valence-corrected chi connectivity index (χ0v) is 14.0. The van der Waals surface area contributed by atoms with Gasteiger partial charge in [-0.15, -0.1) is 0 Å². The van der Waals surface area contributed by atoms with E-state index in [1.165, 1.54) is 17.0 Å². The molecule has 132 valence electrons. The number of rotatable bonds is 2. The Labute approximate surface area is 150 Å². The summed E-state index contributed by atoms with van der Waals surface area (Å²) >= 11 is 0. The van der Waals surface area contributed by atoms with Gasteiger partial charge in [0.15, 0.2) is 0 Å². The molecule has 2 aromatic carbocycles. The molecule has 1 N–H and O–H groups in total. The first-order valence-corrected chi connectivity index (χ1v) is 8.18. The summed E-state index contributed by atoms with van der Waals surface area (Å²) in [4.78, 5) is 28.0. The van der Waals surface area contributed by atoms with Gasteiger partial charge in [-0.2, -0.15) is 5.26 Å². The van der Waals surface area contributed by atoms with E-state index >= 15 is 0 Å². The van der Waals surface area contributed by atoms with E-state index in [2.05, 4.69) is 5.32 Å². The second-order valence-electron chi connectivity index (χ2n) is 5.90. The standard InChI is InChI=1S/C19H17FN4O2/c20-15-3-7-17(8-4-15)23-9-11-24(12-10-23)19(26)18(25)22-16-5-1-14(13-21)2-6-16/h1-8H,9-12H2,(H,22,25). The third-order valence-electron chi connectivity index (χ3n) is 4.22. The minimum absolute atomic E-state index is 0.290. The van der Waals surface area contributed by atoms with Gasteiger partial charge < -0.3 is 15.1 Å². The van der Waals surface area contributed by atoms with Crippen molar-refractivity contribution in [2.24, 2.45) is 0 Å². The van der Waals surface area contributed by atoms with Crippen molar-refractivity contribution in [3.05, 3.63) is 59.9 Å². The number of amides is 2. The zero-order valence-electron chi connectivity index (χ0n) is 14.0. The van der Waals surface area contributed by atoms with Crippen molar-refractivity contribution in [3.8, 4) is 6.07 Å². The maximum atomic E-state index is 13.0. The molecular formula is C19H17FN4O2. The Kier molecular flexibility index (Phi) is 5.13. The first kappa shape index (κ1) is 17.4. The predicted octanol–water partition coefficient (Wildman–Crippen LogP) is 1.98. The maximum Gasteiger partial charge on any atom is 0.313 e. The van der Waals surface area contributed by atoms with Gasteiger partial charge in [0.25, 0.3) is 0 Å². The van der Waals surface area contributed by atoms with E-state index in [1.807, 2.05) is 11.0 Å². The normalized spacial score (nSPS) is 13.8. The Morgan fingerprint density at radius 1 is 0.962 bits per heavy atom. The predicted molar refractivity (Wildman–Crippen MR) is 95.0 cm³/mol. The fourth-order valence-electron chi connectivity index (χ4n) is 2.78. The van der Waals surface area contributed by atoms with Crippen LogP contribution in [0.2, 0.25) is 0 Å². The fraction of sp³-hybridized carbons (Fsp3) is 0.211. The topological polar surface area (TPSA) is 76.4 Å². The molecule has 0 saturated carbocycles. The molecule has 0 atom stereocenters. The van der Waals surface area contributed by atoms with Crippen molar-refractivity contribution < 1.29 is 14.0 Å². The highest BCUT2D eigenvalue weighted by Crippen LogP contribution is 2.17. The van der Waals surface area contributed by atoms with Crippen LogP contribution in [0, 0.1) is 17.1 Å². The van der Waals surface area contributed by atoms with Crippen LogP contribution in [0.25, 0.3) is 0 Å². The van der Waals surface area contributed by atoms with Gasteiger partial charge in [0.1, 0.15) is 5.82 Å². The van der Waals surface area contributed by atoms with Crippen molar-refractivity contribution in [3.63, 3.8) is 0 Å². The minimum Gasteiger partial charge on any atom is -0.368 e. The summed E-state index contributed by atoms with van der Waals surface area (Å²) in [6.45, 7) is 1.97. The summed E-state index contributed by atoms with van der Waals surface area (Å²) in [5, 5.41) is 11.3. The summed E-state index contributed by atoms with van der Waals surface area (Å²) in [5.41, 5.74) is 1.83. The Morgan fingerprint density at radius 2 is 1.58 bits per heavy atom. The second kappa shape index (κ2) is 7.66. The van der Waals surface area contributed by atoms with E-state index in [0.29, 0.717) is 37.4 Å². The van der Waals surface area contributed by atoms with Crippen LogP contribution in [0.1, 0.15) is 5.56 Å². The van der Waals surface area contributed by atoms with Gasteiger partial charge >= 0.3 is 11.8 Å². The van der Waals surface area contributed by atoms with E-state index in [-0.39, 0.29) is 5.82 Å². The smallest absolute Gasteiger partial charge is 0.313 e. The summed E-state index contributed by atoms with van der Waals surface area (Å²) in [6.07, 6.45) is 0. The van der Waals surface area contributed by atoms with Gasteiger partial charge in [0.2, 0.25) is 0 Å². The van der Waals surface area contributed by atoms with Crippen LogP contribution >= 0.6 is 0 Å². The number of carbonyl (C=O) groups excluding carboxylic acids is 2. The molecule has 0 aromatic heterocycles. The van der Waals surface area contributed by atoms with E-state index in [1.54, 1.807) is 36.4 Å². The monoisotopic (exact) mass is 352 g/mol. The lowest BCUT2D eigenvalue weighted by atomic mass is 10.2. The van der Waals surface area contributed by atoms with Crippen LogP contribution < -0.4 is 10.2 Å². The quantitative estimate of drug-likeness (QED) is 0.839. The lowest BCUT2D eigenvalue weighted by Gasteiger charge is -2.35. The van der Waals surface area contributed by atoms with Gasteiger partial charge in [0, 0.05) is 37.6 Å². The van der Waals surface area contributed by atoms with E-state index in [9.17, 15) is 14.0 Å². The van der Waals surface area contributed by atoms with Crippen molar-refractivity contribution in [2.75, 3.05) is 36.4 Å². The number of benzene rings is 2. The van der Waals surface area contributed by atoms with Crippen LogP contribution in [0.4, 0.5) is 15.8 Å². The number of anilines is 2. The molecule has 26 heavy (non-hydrogen) atoms. The van der Waals surface area contributed by atoms with Gasteiger partial charge in [-0.3, -0.25) is 9.59 Å². The van der Waals surface area contributed by atoms with E-state index in [4.69, 9.17) is 5.26 Å². The van der Waals surface area contributed by atoms with Gasteiger partial charge in [-0.05, 0) is 48.5 Å². The largest absolute Gasteiger partial charge is 0.368 e. The molecule has 1 heterocycles. The van der Waals surface area contributed by atoms with Crippen LogP contribution in [0.15, 0.2) is 48.5 Å². The second-order valence-corrected chi connectivity index (χ2v) is 5.90. The van der Waals surface area contributed by atoms with Crippen LogP contribution in [-0.4, -0.2) is 42.9 Å². The molecule has 6 nitrogen and oxygen atoms in total. The van der Waals surface area contributed by atoms with E-state index < -0.39 is 11.8 Å². The molecule has 2 aromatic rings. The summed E-state index contributed by atoms with van der Waals surface area (Å²) in [6, 6.07) is 14.5. The van der Waals surface area contributed by atoms with Crippen LogP contribution in [0.3, 0.4) is 0 Å². The number of nitrogens with one attached hydrogen (secondary N) is 1. The first-order valence-electron chi connectivity index (χ1n) is 8.18. The third-order valence-corrected chi connectivity index (χ3v) is 4.22. The van der Waals surface area contributed by atoms with Crippen molar-refractivity contribution in [1.29, 1.82) is 5.26 Å². The Bertz CT molecular complexity index is 835. The molecule has 0 unspecified atom stereocenters. The molecule has 0 radical (unpaired) electrons. The lowest BCUT2D eigenvalue weighted by Crippen LogP contribution is -2.51. The summed E-state index contributed by atoms with van der Waals surface area (Å²) in [5.74, 6) is -1.58. The number of halogens is 1. The summed E-state index contributed by atoms with van der Waals surface area (Å²) < 4.78 is 13.0. The molecule has 1 aliphatic heterocycles. The molecule has 2 amide bonds. The van der Waals surface area contributed by atoms with Crippen molar-refractivity contribution >= 4 is 23.2 Å². The number of hydrogen-bond acceptors (Lipinski definition) is 4. The third kappa shape index (κ3) is 3.98. The lowest BCUT2D eigenvalue weighted by molar-refractivity contribution is -0.143. The molecule has 0 aliphatic carbocycles. The fourth-order valence-corrected chi connectivity index (χ4v) is 2.78. The molecular weight excluding hydrogens is 335 g/mol. The van der Waals surface area contributed by atoms with Crippen molar-refractivity contribution in [2.45, 2.75) is 0 Å². The molecule has 0 spiro atoms. The first-order chi connectivity index (χ1) is 12.6. The SMILES string of the molecule is N#Cc1ccc(NC(=O)C(=O)N2CCN(c3ccc(F)cc3)CC2)cc1. The molecule has 1 saturated heterocycles. The van der Waals surface area contributed by atoms with Crippen molar-refractivity contribution in [1.82, 2.24) is 4.90 Å². The highest BCUT2D eigenvalue weighted by molar-refractivity contribution is 6.39. The number of nitrogens with zero attached hydrogens (tertiary/aromatic N) is 3. The van der Waals surface area contributed by atoms with Crippen LogP contribution in [-0.2, 0) is 9.59 Å². The van der Waals surface area contributed by atoms with Gasteiger partial charge in [-0.25, -0.2) is 4.39 Å². The molecule has 1 aliphatic rings. The van der Waals surface area contributed by atoms with Gasteiger partial charge in [-0.1, -0.05) is 0 Å². The number of piperazine rings is 1. The average molecular weight is 352 g/mol.